The summed E-state index contributed by atoms with van der Waals surface area (Å²) >= 11 is 0. The first-order valence-electron chi connectivity index (χ1n) is 8.16. The average Bonchev–Trinajstić information content (AvgIpc) is 3.00. The second-order valence-electron chi connectivity index (χ2n) is 5.71. The molecule has 2 aromatic carbocycles. The number of hydrogen-bond donors (Lipinski definition) is 1. The number of imide groups is 1. The highest BCUT2D eigenvalue weighted by atomic mass is 16.8. The molecule has 3 rings (SSSR count). The summed E-state index contributed by atoms with van der Waals surface area (Å²) in [5, 5.41) is 2.97. The van der Waals surface area contributed by atoms with Gasteiger partial charge in [-0.05, 0) is 35.4 Å². The number of carbonyl (C=O) groups excluding carboxylic acids is 4. The molecule has 1 saturated heterocycles. The van der Waals surface area contributed by atoms with Crippen molar-refractivity contribution in [1.82, 2.24) is 10.4 Å². The number of carbonyl (C=O) groups is 4. The fourth-order valence-electron chi connectivity index (χ4n) is 2.52. The number of amides is 3. The molecule has 0 saturated carbocycles. The van der Waals surface area contributed by atoms with Gasteiger partial charge in [-0.1, -0.05) is 29.3 Å². The minimum Gasteiger partial charge on any atom is -0.393 e. The van der Waals surface area contributed by atoms with Gasteiger partial charge in [-0.2, -0.15) is 0 Å². The largest absolute Gasteiger partial charge is 0.539 e. The zero-order valence-electron chi connectivity index (χ0n) is 14.4. The van der Waals surface area contributed by atoms with Gasteiger partial charge in [-0.25, -0.2) is 4.79 Å². The second kappa shape index (κ2) is 7.69. The van der Waals surface area contributed by atoms with E-state index in [0.717, 1.165) is 11.1 Å². The molecule has 1 heterocycles. The Labute approximate surface area is 154 Å². The predicted octanol–water partition coefficient (Wildman–Crippen LogP) is 2.29. The SMILES string of the molecule is CNC(=O)c1ccc(-c2ccc(OC(=O)ON3C(=O)CCC3=O)cc2)cc1. The number of nitrogens with one attached hydrogen (secondary N) is 1. The van der Waals surface area contributed by atoms with E-state index in [-0.39, 0.29) is 24.5 Å². The quantitative estimate of drug-likeness (QED) is 0.505. The number of rotatable bonds is 4. The van der Waals surface area contributed by atoms with Crippen molar-refractivity contribution in [3.63, 3.8) is 0 Å². The molecule has 138 valence electrons. The summed E-state index contributed by atoms with van der Waals surface area (Å²) in [7, 11) is 1.56. The summed E-state index contributed by atoms with van der Waals surface area (Å²) in [5.41, 5.74) is 2.28. The minimum absolute atomic E-state index is 0.0134. The van der Waals surface area contributed by atoms with Crippen LogP contribution in [0.3, 0.4) is 0 Å². The number of benzene rings is 2. The summed E-state index contributed by atoms with van der Waals surface area (Å²) in [6, 6.07) is 13.6. The van der Waals surface area contributed by atoms with Crippen LogP contribution in [0.2, 0.25) is 0 Å². The molecule has 8 heteroatoms. The Kier molecular flexibility index (Phi) is 5.16. The number of nitrogens with zero attached hydrogens (tertiary/aromatic N) is 1. The van der Waals surface area contributed by atoms with E-state index in [2.05, 4.69) is 10.2 Å². The first kappa shape index (κ1) is 18.1. The molecule has 0 aliphatic carbocycles. The third kappa shape index (κ3) is 4.12. The summed E-state index contributed by atoms with van der Waals surface area (Å²) in [6.07, 6.45) is -1.14. The van der Waals surface area contributed by atoms with Crippen LogP contribution in [0.1, 0.15) is 23.2 Å². The fraction of sp³-hybridized carbons (Fsp3) is 0.158. The molecule has 27 heavy (non-hydrogen) atoms. The first-order chi connectivity index (χ1) is 13.0. The van der Waals surface area contributed by atoms with Crippen molar-refractivity contribution in [2.75, 3.05) is 7.05 Å². The highest BCUT2D eigenvalue weighted by Gasteiger charge is 2.33. The predicted molar refractivity (Wildman–Crippen MR) is 93.5 cm³/mol. The molecule has 0 radical (unpaired) electrons. The van der Waals surface area contributed by atoms with Crippen molar-refractivity contribution >= 4 is 23.9 Å². The van der Waals surface area contributed by atoms with Crippen LogP contribution in [-0.2, 0) is 14.4 Å². The number of ether oxygens (including phenoxy) is 1. The molecule has 3 amide bonds. The molecule has 0 bridgehead atoms. The van der Waals surface area contributed by atoms with Crippen molar-refractivity contribution in [3.8, 4) is 16.9 Å². The summed E-state index contributed by atoms with van der Waals surface area (Å²) in [6.45, 7) is 0. The normalized spacial score (nSPS) is 13.4. The van der Waals surface area contributed by atoms with Gasteiger partial charge < -0.3 is 10.1 Å². The Bertz CT molecular complexity index is 873. The Hall–Kier alpha value is -3.68. The molecule has 1 N–H and O–H groups in total. The molecule has 1 aliphatic rings. The maximum atomic E-state index is 11.7. The zero-order valence-corrected chi connectivity index (χ0v) is 14.4. The third-order valence-corrected chi connectivity index (χ3v) is 3.93. The van der Waals surface area contributed by atoms with Crippen LogP contribution >= 0.6 is 0 Å². The first-order valence-corrected chi connectivity index (χ1v) is 8.16. The zero-order chi connectivity index (χ0) is 19.4. The summed E-state index contributed by atoms with van der Waals surface area (Å²) in [4.78, 5) is 50.7. The van der Waals surface area contributed by atoms with Gasteiger partial charge >= 0.3 is 6.16 Å². The maximum Gasteiger partial charge on any atom is 0.539 e. The number of hydroxylamine groups is 2. The van der Waals surface area contributed by atoms with E-state index in [4.69, 9.17) is 4.74 Å². The second-order valence-corrected chi connectivity index (χ2v) is 5.71. The Morgan fingerprint density at radius 1 is 0.889 bits per heavy atom. The van der Waals surface area contributed by atoms with E-state index in [0.29, 0.717) is 10.6 Å². The molecular weight excluding hydrogens is 352 g/mol. The minimum atomic E-state index is -1.17. The van der Waals surface area contributed by atoms with Crippen molar-refractivity contribution in [2.45, 2.75) is 12.8 Å². The lowest BCUT2D eigenvalue weighted by Crippen LogP contribution is -2.33. The highest BCUT2D eigenvalue weighted by molar-refractivity contribution is 6.01. The van der Waals surface area contributed by atoms with Crippen LogP contribution in [0.25, 0.3) is 11.1 Å². The van der Waals surface area contributed by atoms with Gasteiger partial charge in [0.15, 0.2) is 0 Å². The van der Waals surface area contributed by atoms with Crippen LogP contribution in [0.15, 0.2) is 48.5 Å². The monoisotopic (exact) mass is 368 g/mol. The molecule has 1 fully saturated rings. The lowest BCUT2D eigenvalue weighted by molar-refractivity contribution is -0.174. The molecular formula is C19H16N2O6. The van der Waals surface area contributed by atoms with Gasteiger partial charge in [0, 0.05) is 25.5 Å². The Morgan fingerprint density at radius 2 is 1.41 bits per heavy atom. The van der Waals surface area contributed by atoms with E-state index < -0.39 is 18.0 Å². The molecule has 0 atom stereocenters. The van der Waals surface area contributed by atoms with Gasteiger partial charge in [0.25, 0.3) is 17.7 Å². The van der Waals surface area contributed by atoms with Gasteiger partial charge in [-0.15, -0.1) is 0 Å². The van der Waals surface area contributed by atoms with E-state index in [1.54, 1.807) is 55.6 Å². The Morgan fingerprint density at radius 3 is 1.93 bits per heavy atom. The van der Waals surface area contributed by atoms with Crippen LogP contribution in [0.4, 0.5) is 4.79 Å². The molecule has 8 nitrogen and oxygen atoms in total. The summed E-state index contributed by atoms with van der Waals surface area (Å²) in [5.74, 6) is -1.12. The average molecular weight is 368 g/mol. The van der Waals surface area contributed by atoms with Crippen LogP contribution in [0, 0.1) is 0 Å². The van der Waals surface area contributed by atoms with Crippen LogP contribution in [-0.4, -0.2) is 36.0 Å². The van der Waals surface area contributed by atoms with Gasteiger partial charge in [-0.3, -0.25) is 19.2 Å². The topological polar surface area (TPSA) is 102 Å². The van der Waals surface area contributed by atoms with Crippen molar-refractivity contribution < 1.29 is 28.8 Å². The Balaban J connectivity index is 1.63. The molecule has 0 unspecified atom stereocenters. The number of hydrogen-bond acceptors (Lipinski definition) is 6. The van der Waals surface area contributed by atoms with E-state index >= 15 is 0 Å². The molecule has 1 aliphatic heterocycles. The standard InChI is InChI=1S/C19H16N2O6/c1-20-18(24)14-4-2-12(3-5-14)13-6-8-15(9-7-13)26-19(25)27-21-16(22)10-11-17(21)23/h2-9H,10-11H2,1H3,(H,20,24). The van der Waals surface area contributed by atoms with E-state index in [1.807, 2.05) is 0 Å². The van der Waals surface area contributed by atoms with Gasteiger partial charge in [0.05, 0.1) is 0 Å². The lowest BCUT2D eigenvalue weighted by atomic mass is 10.0. The van der Waals surface area contributed by atoms with Crippen molar-refractivity contribution in [3.05, 3.63) is 54.1 Å². The van der Waals surface area contributed by atoms with E-state index in [9.17, 15) is 19.2 Å². The third-order valence-electron chi connectivity index (χ3n) is 3.93. The van der Waals surface area contributed by atoms with Gasteiger partial charge in [0.1, 0.15) is 5.75 Å². The van der Waals surface area contributed by atoms with Crippen LogP contribution < -0.4 is 10.1 Å². The van der Waals surface area contributed by atoms with Crippen molar-refractivity contribution in [1.29, 1.82) is 0 Å². The molecule has 0 aromatic heterocycles. The molecule has 2 aromatic rings. The lowest BCUT2D eigenvalue weighted by Gasteiger charge is -2.12. The fourth-order valence-corrected chi connectivity index (χ4v) is 2.52. The van der Waals surface area contributed by atoms with E-state index in [1.165, 1.54) is 0 Å². The van der Waals surface area contributed by atoms with Gasteiger partial charge in [0.2, 0.25) is 0 Å². The highest BCUT2D eigenvalue weighted by Crippen LogP contribution is 2.23. The van der Waals surface area contributed by atoms with Crippen LogP contribution in [0.5, 0.6) is 5.75 Å². The molecule has 0 spiro atoms. The summed E-state index contributed by atoms with van der Waals surface area (Å²) < 4.78 is 4.97. The smallest absolute Gasteiger partial charge is 0.393 e. The maximum absolute atomic E-state index is 11.7. The van der Waals surface area contributed by atoms with Crippen molar-refractivity contribution in [2.24, 2.45) is 0 Å².